The number of rotatable bonds is 5. The van der Waals surface area contributed by atoms with E-state index in [1.807, 2.05) is 0 Å². The van der Waals surface area contributed by atoms with Gasteiger partial charge in [-0.05, 0) is 0 Å². The smallest absolute Gasteiger partial charge is 0.330 e. The number of methoxy groups -OCH3 is 4. The van der Waals surface area contributed by atoms with Crippen molar-refractivity contribution < 1.29 is 28.5 Å². The molecular weight excluding hydrogens is 228 g/mol. The van der Waals surface area contributed by atoms with E-state index in [1.54, 1.807) is 0 Å². The molecule has 0 N–H and O–H groups in total. The third-order valence-corrected chi connectivity index (χ3v) is 2.88. The summed E-state index contributed by atoms with van der Waals surface area (Å²) in [6.07, 6.45) is 2.76. The monoisotopic (exact) mass is 244 g/mol. The highest BCUT2D eigenvalue weighted by molar-refractivity contribution is 5.83. The van der Waals surface area contributed by atoms with Gasteiger partial charge >= 0.3 is 11.9 Å². The van der Waals surface area contributed by atoms with Crippen LogP contribution in [0.5, 0.6) is 0 Å². The molecule has 1 saturated carbocycles. The van der Waals surface area contributed by atoms with Crippen molar-refractivity contribution in [2.45, 2.75) is 5.79 Å². The quantitative estimate of drug-likeness (QED) is 0.389. The molecule has 0 aromatic carbocycles. The minimum atomic E-state index is -1.04. The van der Waals surface area contributed by atoms with Crippen molar-refractivity contribution in [1.82, 2.24) is 0 Å². The number of ether oxygens (including phenoxy) is 4. The molecule has 6 nitrogen and oxygen atoms in total. The van der Waals surface area contributed by atoms with Gasteiger partial charge in [0.25, 0.3) is 0 Å². The van der Waals surface area contributed by atoms with E-state index < -0.39 is 23.6 Å². The van der Waals surface area contributed by atoms with Gasteiger partial charge in [0.05, 0.1) is 20.1 Å². The SMILES string of the molecule is COC(=O)/C=C/C1C(C(=O)OC)C1(OC)OC. The molecular formula is C11H16O6. The van der Waals surface area contributed by atoms with Crippen LogP contribution in [-0.4, -0.2) is 46.2 Å². The second-order valence-electron chi connectivity index (χ2n) is 3.54. The average molecular weight is 244 g/mol. The largest absolute Gasteiger partial charge is 0.469 e. The van der Waals surface area contributed by atoms with Crippen LogP contribution in [0.25, 0.3) is 0 Å². The van der Waals surface area contributed by atoms with Crippen molar-refractivity contribution in [3.8, 4) is 0 Å². The van der Waals surface area contributed by atoms with E-state index in [4.69, 9.17) is 9.47 Å². The van der Waals surface area contributed by atoms with E-state index in [9.17, 15) is 9.59 Å². The molecule has 0 aliphatic heterocycles. The summed E-state index contributed by atoms with van der Waals surface area (Å²) >= 11 is 0. The van der Waals surface area contributed by atoms with Gasteiger partial charge in [0.1, 0.15) is 5.92 Å². The number of carbonyl (C=O) groups is 2. The van der Waals surface area contributed by atoms with Crippen molar-refractivity contribution in [2.75, 3.05) is 28.4 Å². The molecule has 0 aromatic heterocycles. The molecule has 0 saturated heterocycles. The Morgan fingerprint density at radius 1 is 1.06 bits per heavy atom. The molecule has 96 valence electrons. The highest BCUT2D eigenvalue weighted by Crippen LogP contribution is 2.55. The minimum Gasteiger partial charge on any atom is -0.469 e. The van der Waals surface area contributed by atoms with Crippen LogP contribution in [0.4, 0.5) is 0 Å². The molecule has 1 rings (SSSR count). The van der Waals surface area contributed by atoms with E-state index >= 15 is 0 Å². The summed E-state index contributed by atoms with van der Waals surface area (Å²) in [5, 5.41) is 0. The molecule has 0 bridgehead atoms. The third kappa shape index (κ3) is 2.32. The van der Waals surface area contributed by atoms with E-state index in [-0.39, 0.29) is 5.92 Å². The first-order chi connectivity index (χ1) is 8.07. The van der Waals surface area contributed by atoms with Crippen LogP contribution < -0.4 is 0 Å². The molecule has 1 aliphatic rings. The van der Waals surface area contributed by atoms with Crippen molar-refractivity contribution in [2.24, 2.45) is 11.8 Å². The number of esters is 2. The molecule has 2 atom stereocenters. The van der Waals surface area contributed by atoms with E-state index in [2.05, 4.69) is 9.47 Å². The van der Waals surface area contributed by atoms with Crippen molar-refractivity contribution in [1.29, 1.82) is 0 Å². The first-order valence-corrected chi connectivity index (χ1v) is 5.01. The predicted octanol–water partition coefficient (Wildman–Crippen LogP) is 0.124. The van der Waals surface area contributed by atoms with Crippen molar-refractivity contribution >= 4 is 11.9 Å². The second-order valence-corrected chi connectivity index (χ2v) is 3.54. The third-order valence-electron chi connectivity index (χ3n) is 2.88. The van der Waals surface area contributed by atoms with Gasteiger partial charge in [-0.1, -0.05) is 6.08 Å². The molecule has 0 heterocycles. The summed E-state index contributed by atoms with van der Waals surface area (Å²) in [6, 6.07) is 0. The Morgan fingerprint density at radius 2 is 1.65 bits per heavy atom. The molecule has 6 heteroatoms. The standard InChI is InChI=1S/C11H16O6/c1-14-8(12)6-5-7-9(10(13)15-2)11(7,16-3)17-4/h5-7,9H,1-4H3/b6-5+. The van der Waals surface area contributed by atoms with Gasteiger partial charge in [0.15, 0.2) is 5.79 Å². The Kier molecular flexibility index (Phi) is 4.25. The lowest BCUT2D eigenvalue weighted by Gasteiger charge is -2.12. The van der Waals surface area contributed by atoms with Crippen LogP contribution in [0.1, 0.15) is 0 Å². The Hall–Kier alpha value is -1.40. The Bertz CT molecular complexity index is 331. The van der Waals surface area contributed by atoms with Crippen molar-refractivity contribution in [3.63, 3.8) is 0 Å². The lowest BCUT2D eigenvalue weighted by Crippen LogP contribution is -2.22. The average Bonchev–Trinajstić information content (AvgIpc) is 3.03. The van der Waals surface area contributed by atoms with Crippen LogP contribution in [0, 0.1) is 11.8 Å². The maximum atomic E-state index is 11.5. The van der Waals surface area contributed by atoms with Crippen LogP contribution >= 0.6 is 0 Å². The van der Waals surface area contributed by atoms with Gasteiger partial charge in [0.2, 0.25) is 0 Å². The van der Waals surface area contributed by atoms with Crippen LogP contribution in [0.15, 0.2) is 12.2 Å². The van der Waals surface area contributed by atoms with Gasteiger partial charge in [-0.3, -0.25) is 4.79 Å². The van der Waals surface area contributed by atoms with Gasteiger partial charge in [0, 0.05) is 20.3 Å². The molecule has 0 spiro atoms. The molecule has 2 unspecified atom stereocenters. The molecule has 1 aliphatic carbocycles. The van der Waals surface area contributed by atoms with E-state index in [0.717, 1.165) is 0 Å². The Morgan fingerprint density at radius 3 is 2.06 bits per heavy atom. The van der Waals surface area contributed by atoms with Crippen LogP contribution in [-0.2, 0) is 28.5 Å². The maximum Gasteiger partial charge on any atom is 0.330 e. The highest BCUT2D eigenvalue weighted by atomic mass is 16.7. The van der Waals surface area contributed by atoms with Gasteiger partial charge < -0.3 is 18.9 Å². The zero-order chi connectivity index (χ0) is 13.1. The summed E-state index contributed by atoms with van der Waals surface area (Å²) in [4.78, 5) is 22.5. The Labute approximate surface area is 99.5 Å². The second kappa shape index (κ2) is 5.29. The fraction of sp³-hybridized carbons (Fsp3) is 0.636. The van der Waals surface area contributed by atoms with Gasteiger partial charge in [-0.15, -0.1) is 0 Å². The molecule has 0 radical (unpaired) electrons. The van der Waals surface area contributed by atoms with Crippen molar-refractivity contribution in [3.05, 3.63) is 12.2 Å². The number of hydrogen-bond donors (Lipinski definition) is 0. The predicted molar refractivity (Wildman–Crippen MR) is 56.9 cm³/mol. The van der Waals surface area contributed by atoms with E-state index in [1.165, 1.54) is 40.6 Å². The fourth-order valence-electron chi connectivity index (χ4n) is 1.91. The molecule has 0 amide bonds. The summed E-state index contributed by atoms with van der Waals surface area (Å²) in [5.74, 6) is -2.90. The summed E-state index contributed by atoms with van der Waals surface area (Å²) < 4.78 is 19.5. The van der Waals surface area contributed by atoms with Gasteiger partial charge in [-0.2, -0.15) is 0 Å². The van der Waals surface area contributed by atoms with Crippen LogP contribution in [0.3, 0.4) is 0 Å². The van der Waals surface area contributed by atoms with Gasteiger partial charge in [-0.25, -0.2) is 4.79 Å². The lowest BCUT2D eigenvalue weighted by molar-refractivity contribution is -0.165. The zero-order valence-electron chi connectivity index (χ0n) is 10.3. The maximum absolute atomic E-state index is 11.5. The molecule has 17 heavy (non-hydrogen) atoms. The zero-order valence-corrected chi connectivity index (χ0v) is 10.3. The number of carbonyl (C=O) groups excluding carboxylic acids is 2. The first-order valence-electron chi connectivity index (χ1n) is 5.01. The molecule has 1 fully saturated rings. The van der Waals surface area contributed by atoms with E-state index in [0.29, 0.717) is 0 Å². The summed E-state index contributed by atoms with van der Waals surface area (Å²) in [7, 11) is 5.44. The minimum absolute atomic E-state index is 0.357. The first kappa shape index (κ1) is 13.7. The normalized spacial score (nSPS) is 25.6. The van der Waals surface area contributed by atoms with Crippen LogP contribution in [0.2, 0.25) is 0 Å². The number of hydrogen-bond acceptors (Lipinski definition) is 6. The fourth-order valence-corrected chi connectivity index (χ4v) is 1.91. The topological polar surface area (TPSA) is 71.1 Å². The summed E-state index contributed by atoms with van der Waals surface area (Å²) in [6.45, 7) is 0. The molecule has 0 aromatic rings. The summed E-state index contributed by atoms with van der Waals surface area (Å²) in [5.41, 5.74) is 0. The Balaban J connectivity index is 2.81. The lowest BCUT2D eigenvalue weighted by atomic mass is 10.3. The highest BCUT2D eigenvalue weighted by Gasteiger charge is 2.70.